The normalized spacial score (nSPS) is 14.6. The maximum atomic E-state index is 13.8. The third-order valence-corrected chi connectivity index (χ3v) is 3.99. The Morgan fingerprint density at radius 2 is 1.56 bits per heavy atom. The van der Waals surface area contributed by atoms with E-state index in [0.717, 1.165) is 18.2 Å². The molecule has 8 heteroatoms. The van der Waals surface area contributed by atoms with E-state index >= 15 is 0 Å². The predicted molar refractivity (Wildman–Crippen MR) is 85.5 cm³/mol. The smallest absolute Gasteiger partial charge is 0.321 e. The van der Waals surface area contributed by atoms with Gasteiger partial charge in [0, 0.05) is 44.0 Å². The highest BCUT2D eigenvalue weighted by Crippen LogP contribution is 2.22. The molecule has 0 unspecified atom stereocenters. The summed E-state index contributed by atoms with van der Waals surface area (Å²) in [5.41, 5.74) is 0.429. The average molecular weight is 353 g/mol. The summed E-state index contributed by atoms with van der Waals surface area (Å²) in [7, 11) is 0. The van der Waals surface area contributed by atoms with E-state index in [1.165, 1.54) is 23.1 Å². The largest absolute Gasteiger partial charge is 0.366 e. The number of urea groups is 1. The molecule has 1 heterocycles. The van der Waals surface area contributed by atoms with Crippen molar-refractivity contribution >= 4 is 17.4 Å². The molecule has 1 N–H and O–H groups in total. The summed E-state index contributed by atoms with van der Waals surface area (Å²) in [4.78, 5) is 15.4. The minimum atomic E-state index is -1.05. The molecule has 0 radical (unpaired) electrons. The molecule has 2 amide bonds. The molecule has 0 aliphatic carbocycles. The van der Waals surface area contributed by atoms with Crippen LogP contribution in [0.5, 0.6) is 0 Å². The molecule has 132 valence electrons. The van der Waals surface area contributed by atoms with Crippen LogP contribution < -0.4 is 10.2 Å². The first kappa shape index (κ1) is 17.1. The fourth-order valence-electron chi connectivity index (χ4n) is 2.66. The van der Waals surface area contributed by atoms with Gasteiger partial charge in [0.2, 0.25) is 0 Å². The molecule has 2 aromatic carbocycles. The lowest BCUT2D eigenvalue weighted by molar-refractivity contribution is 0.208. The highest BCUT2D eigenvalue weighted by atomic mass is 19.2. The van der Waals surface area contributed by atoms with E-state index in [9.17, 15) is 22.4 Å². The van der Waals surface area contributed by atoms with Crippen molar-refractivity contribution in [3.8, 4) is 0 Å². The SMILES string of the molecule is O=C(Nc1ccc(F)c(F)c1)N1CCN(c2ccc(F)cc2F)CC1. The Morgan fingerprint density at radius 3 is 2.20 bits per heavy atom. The van der Waals surface area contributed by atoms with Crippen LogP contribution in [-0.2, 0) is 0 Å². The summed E-state index contributed by atoms with van der Waals surface area (Å²) in [6.07, 6.45) is 0. The monoisotopic (exact) mass is 353 g/mol. The van der Waals surface area contributed by atoms with Crippen molar-refractivity contribution in [1.82, 2.24) is 4.90 Å². The van der Waals surface area contributed by atoms with Crippen molar-refractivity contribution in [3.63, 3.8) is 0 Å². The van der Waals surface area contributed by atoms with Gasteiger partial charge < -0.3 is 15.1 Å². The highest BCUT2D eigenvalue weighted by molar-refractivity contribution is 5.89. The summed E-state index contributed by atoms with van der Waals surface area (Å²) >= 11 is 0. The van der Waals surface area contributed by atoms with Gasteiger partial charge >= 0.3 is 6.03 Å². The molecule has 25 heavy (non-hydrogen) atoms. The van der Waals surface area contributed by atoms with Crippen LogP contribution in [0.25, 0.3) is 0 Å². The Morgan fingerprint density at radius 1 is 0.840 bits per heavy atom. The van der Waals surface area contributed by atoms with Gasteiger partial charge in [-0.15, -0.1) is 0 Å². The van der Waals surface area contributed by atoms with Crippen LogP contribution in [0.3, 0.4) is 0 Å². The lowest BCUT2D eigenvalue weighted by Crippen LogP contribution is -2.50. The van der Waals surface area contributed by atoms with Crippen molar-refractivity contribution in [1.29, 1.82) is 0 Å². The number of amides is 2. The van der Waals surface area contributed by atoms with Gasteiger partial charge in [-0.3, -0.25) is 0 Å². The minimum Gasteiger partial charge on any atom is -0.366 e. The number of hydrogen-bond acceptors (Lipinski definition) is 2. The van der Waals surface area contributed by atoms with Crippen LogP contribution in [0.15, 0.2) is 36.4 Å². The number of carbonyl (C=O) groups excluding carboxylic acids is 1. The molecule has 0 saturated carbocycles. The Labute approximate surface area is 141 Å². The zero-order valence-electron chi connectivity index (χ0n) is 13.1. The summed E-state index contributed by atoms with van der Waals surface area (Å²) in [5, 5.41) is 2.49. The van der Waals surface area contributed by atoms with Crippen LogP contribution in [0.2, 0.25) is 0 Å². The van der Waals surface area contributed by atoms with E-state index in [2.05, 4.69) is 5.32 Å². The molecule has 3 rings (SSSR count). The Bertz CT molecular complexity index is 791. The van der Waals surface area contributed by atoms with Gasteiger partial charge in [0.25, 0.3) is 0 Å². The predicted octanol–water partition coefficient (Wildman–Crippen LogP) is 3.60. The number of rotatable bonds is 2. The van der Waals surface area contributed by atoms with Gasteiger partial charge in [0.05, 0.1) is 5.69 Å². The number of hydrogen-bond donors (Lipinski definition) is 1. The summed E-state index contributed by atoms with van der Waals surface area (Å²) in [6.45, 7) is 1.36. The molecule has 0 atom stereocenters. The van der Waals surface area contributed by atoms with E-state index in [1.807, 2.05) is 0 Å². The van der Waals surface area contributed by atoms with E-state index in [0.29, 0.717) is 26.2 Å². The lowest BCUT2D eigenvalue weighted by Gasteiger charge is -2.36. The summed E-state index contributed by atoms with van der Waals surface area (Å²) < 4.78 is 52.8. The first-order valence-electron chi connectivity index (χ1n) is 7.65. The lowest BCUT2D eigenvalue weighted by atomic mass is 10.2. The third-order valence-electron chi connectivity index (χ3n) is 3.99. The zero-order valence-corrected chi connectivity index (χ0v) is 13.1. The van der Waals surface area contributed by atoms with Crippen LogP contribution in [0, 0.1) is 23.3 Å². The molecule has 1 aliphatic heterocycles. The molecule has 2 aromatic rings. The van der Waals surface area contributed by atoms with Crippen LogP contribution in [0.1, 0.15) is 0 Å². The first-order chi connectivity index (χ1) is 11.9. The van der Waals surface area contributed by atoms with Gasteiger partial charge in [-0.2, -0.15) is 0 Å². The topological polar surface area (TPSA) is 35.6 Å². The second kappa shape index (κ2) is 7.00. The molecule has 0 aromatic heterocycles. The number of halogens is 4. The Balaban J connectivity index is 1.59. The maximum Gasteiger partial charge on any atom is 0.321 e. The van der Waals surface area contributed by atoms with Crippen molar-refractivity contribution in [2.75, 3.05) is 36.4 Å². The third kappa shape index (κ3) is 3.84. The second-order valence-electron chi connectivity index (χ2n) is 5.63. The van der Waals surface area contributed by atoms with Crippen molar-refractivity contribution in [2.45, 2.75) is 0 Å². The average Bonchev–Trinajstić information content (AvgIpc) is 2.58. The number of benzene rings is 2. The molecular weight excluding hydrogens is 338 g/mol. The number of nitrogens with zero attached hydrogens (tertiary/aromatic N) is 2. The molecule has 1 fully saturated rings. The van der Waals surface area contributed by atoms with Crippen molar-refractivity contribution < 1.29 is 22.4 Å². The minimum absolute atomic E-state index is 0.149. The molecule has 0 bridgehead atoms. The van der Waals surface area contributed by atoms with E-state index < -0.39 is 29.3 Å². The summed E-state index contributed by atoms with van der Waals surface area (Å²) in [5.74, 6) is -3.34. The maximum absolute atomic E-state index is 13.8. The van der Waals surface area contributed by atoms with Gasteiger partial charge in [0.15, 0.2) is 11.6 Å². The fraction of sp³-hybridized carbons (Fsp3) is 0.235. The summed E-state index contributed by atoms with van der Waals surface area (Å²) in [6, 6.07) is 6.00. The Kier molecular flexibility index (Phi) is 4.78. The number of piperazine rings is 1. The molecule has 4 nitrogen and oxygen atoms in total. The van der Waals surface area contributed by atoms with E-state index in [-0.39, 0.29) is 11.4 Å². The molecule has 0 spiro atoms. The standard InChI is InChI=1S/C17H15F4N3O/c18-11-1-4-16(15(21)9-11)23-5-7-24(8-6-23)17(25)22-12-2-3-13(19)14(20)10-12/h1-4,9-10H,5-8H2,(H,22,25). The number of anilines is 2. The van der Waals surface area contributed by atoms with Gasteiger partial charge in [-0.05, 0) is 24.3 Å². The van der Waals surface area contributed by atoms with Crippen molar-refractivity contribution in [2.24, 2.45) is 0 Å². The van der Waals surface area contributed by atoms with Crippen LogP contribution in [-0.4, -0.2) is 37.1 Å². The van der Waals surface area contributed by atoms with Crippen LogP contribution in [0.4, 0.5) is 33.7 Å². The Hall–Kier alpha value is -2.77. The van der Waals surface area contributed by atoms with Gasteiger partial charge in [-0.25, -0.2) is 22.4 Å². The quantitative estimate of drug-likeness (QED) is 0.838. The fourth-order valence-corrected chi connectivity index (χ4v) is 2.66. The first-order valence-corrected chi connectivity index (χ1v) is 7.65. The molecule has 1 aliphatic rings. The van der Waals surface area contributed by atoms with Crippen molar-refractivity contribution in [3.05, 3.63) is 59.7 Å². The number of nitrogens with one attached hydrogen (secondary N) is 1. The molecule has 1 saturated heterocycles. The van der Waals surface area contributed by atoms with Gasteiger partial charge in [-0.1, -0.05) is 0 Å². The van der Waals surface area contributed by atoms with E-state index in [4.69, 9.17) is 0 Å². The highest BCUT2D eigenvalue weighted by Gasteiger charge is 2.23. The van der Waals surface area contributed by atoms with E-state index in [1.54, 1.807) is 4.90 Å². The second-order valence-corrected chi connectivity index (χ2v) is 5.63. The zero-order chi connectivity index (χ0) is 18.0. The van der Waals surface area contributed by atoms with Gasteiger partial charge in [0.1, 0.15) is 11.6 Å². The molecular formula is C17H15F4N3O. The van der Waals surface area contributed by atoms with Crippen LogP contribution >= 0.6 is 0 Å². The number of carbonyl (C=O) groups is 1.